The third kappa shape index (κ3) is 6.61. The van der Waals surface area contributed by atoms with E-state index in [9.17, 15) is 9.59 Å². The average molecular weight is 427 g/mol. The molecule has 2 aliphatic rings. The molecule has 5 atom stereocenters. The molecule has 0 aromatic heterocycles. The number of halogens is 1. The Bertz CT molecular complexity index is 578. The second-order valence-corrected chi connectivity index (χ2v) is 8.39. The maximum absolute atomic E-state index is 15.0. The highest BCUT2D eigenvalue weighted by molar-refractivity contribution is 5.84. The van der Waals surface area contributed by atoms with Crippen LogP contribution in [0.5, 0.6) is 0 Å². The molecule has 2 fully saturated rings. The van der Waals surface area contributed by atoms with Crippen molar-refractivity contribution in [2.45, 2.75) is 103 Å². The van der Waals surface area contributed by atoms with Crippen molar-refractivity contribution in [2.24, 2.45) is 11.8 Å². The van der Waals surface area contributed by atoms with Crippen molar-refractivity contribution in [1.82, 2.24) is 0 Å². The normalized spacial score (nSPS) is 29.9. The summed E-state index contributed by atoms with van der Waals surface area (Å²) in [7, 11) is 0. The van der Waals surface area contributed by atoms with Crippen molar-refractivity contribution in [3.63, 3.8) is 0 Å². The van der Waals surface area contributed by atoms with Crippen LogP contribution in [0.2, 0.25) is 0 Å². The van der Waals surface area contributed by atoms with Gasteiger partial charge in [-0.25, -0.2) is 4.39 Å². The lowest BCUT2D eigenvalue weighted by Crippen LogP contribution is -2.52. The summed E-state index contributed by atoms with van der Waals surface area (Å²) in [5.74, 6) is -1.08. The van der Waals surface area contributed by atoms with E-state index in [1.807, 2.05) is 26.0 Å². The number of ketones is 1. The van der Waals surface area contributed by atoms with E-state index in [1.165, 1.54) is 0 Å². The van der Waals surface area contributed by atoms with E-state index in [-0.39, 0.29) is 29.7 Å². The number of carbonyl (C=O) groups is 2. The summed E-state index contributed by atoms with van der Waals surface area (Å²) in [6.45, 7) is 6.52. The molecule has 0 bridgehead atoms. The van der Waals surface area contributed by atoms with E-state index >= 15 is 4.39 Å². The topological polar surface area (TPSA) is 61.8 Å². The van der Waals surface area contributed by atoms with Crippen molar-refractivity contribution in [2.75, 3.05) is 13.2 Å². The Kier molecular flexibility index (Phi) is 10.5. The third-order valence-electron chi connectivity index (χ3n) is 6.28. The summed E-state index contributed by atoms with van der Waals surface area (Å²) < 4.78 is 31.9. The van der Waals surface area contributed by atoms with Gasteiger partial charge in [0.2, 0.25) is 0 Å². The first-order valence-corrected chi connectivity index (χ1v) is 11.8. The smallest absolute Gasteiger partial charge is 0.305 e. The zero-order chi connectivity index (χ0) is 22.0. The quantitative estimate of drug-likeness (QED) is 0.227. The number of esters is 1. The van der Waals surface area contributed by atoms with Crippen molar-refractivity contribution in [3.05, 3.63) is 12.2 Å². The predicted octanol–water partition coefficient (Wildman–Crippen LogP) is 5.31. The fourth-order valence-corrected chi connectivity index (χ4v) is 4.74. The lowest BCUT2D eigenvalue weighted by atomic mass is 9.82. The second-order valence-electron chi connectivity index (χ2n) is 8.39. The largest absolute Gasteiger partial charge is 0.466 e. The molecule has 1 aliphatic carbocycles. The molecule has 1 saturated carbocycles. The van der Waals surface area contributed by atoms with Gasteiger partial charge < -0.3 is 14.2 Å². The van der Waals surface area contributed by atoms with Crippen LogP contribution in [-0.2, 0) is 23.8 Å². The van der Waals surface area contributed by atoms with E-state index in [0.717, 1.165) is 32.1 Å². The number of hydrogen-bond acceptors (Lipinski definition) is 5. The summed E-state index contributed by atoms with van der Waals surface area (Å²) in [5.41, 5.74) is 0. The molecule has 0 aromatic rings. The number of fused-ring (bicyclic) bond motifs is 1. The standard InChI is InChI=1S/C24H39FO5/c1-4-7-13-22(25)24(29-6-3)16-15-19-18(20(26)17-21(19)30-24)12-10-8-9-11-14-23(27)28-5-2/h8,10,18-19,21-22H,4-7,9,11-17H2,1-3H3/b10-8-/t18-,19-,21-,22?,24?/m1/s1. The van der Waals surface area contributed by atoms with E-state index in [2.05, 4.69) is 0 Å². The molecule has 0 radical (unpaired) electrons. The summed E-state index contributed by atoms with van der Waals surface area (Å²) >= 11 is 0. The van der Waals surface area contributed by atoms with Crippen molar-refractivity contribution in [1.29, 1.82) is 0 Å². The lowest BCUT2D eigenvalue weighted by molar-refractivity contribution is -0.314. The van der Waals surface area contributed by atoms with Crippen LogP contribution < -0.4 is 0 Å². The van der Waals surface area contributed by atoms with Crippen LogP contribution in [0, 0.1) is 11.8 Å². The Balaban J connectivity index is 1.87. The fourth-order valence-electron chi connectivity index (χ4n) is 4.74. The highest BCUT2D eigenvalue weighted by Crippen LogP contribution is 2.47. The lowest BCUT2D eigenvalue weighted by Gasteiger charge is -2.44. The Labute approximate surface area is 180 Å². The molecule has 0 spiro atoms. The molecule has 1 aliphatic heterocycles. The van der Waals surface area contributed by atoms with Gasteiger partial charge in [-0.3, -0.25) is 9.59 Å². The van der Waals surface area contributed by atoms with Crippen LogP contribution in [0.3, 0.4) is 0 Å². The third-order valence-corrected chi connectivity index (χ3v) is 6.28. The first-order valence-electron chi connectivity index (χ1n) is 11.8. The molecule has 2 unspecified atom stereocenters. The molecule has 0 N–H and O–H groups in total. The highest BCUT2D eigenvalue weighted by atomic mass is 19.1. The molecule has 5 nitrogen and oxygen atoms in total. The number of alkyl halides is 1. The molecule has 1 saturated heterocycles. The Morgan fingerprint density at radius 1 is 1.27 bits per heavy atom. The Morgan fingerprint density at radius 2 is 2.07 bits per heavy atom. The molecule has 0 amide bonds. The zero-order valence-corrected chi connectivity index (χ0v) is 18.9. The molecule has 0 aromatic carbocycles. The maximum Gasteiger partial charge on any atom is 0.305 e. The van der Waals surface area contributed by atoms with E-state index in [0.29, 0.717) is 45.3 Å². The van der Waals surface area contributed by atoms with Crippen molar-refractivity contribution >= 4 is 11.8 Å². The predicted molar refractivity (Wildman–Crippen MR) is 114 cm³/mol. The minimum Gasteiger partial charge on any atom is -0.466 e. The van der Waals surface area contributed by atoms with Gasteiger partial charge in [0.25, 0.3) is 0 Å². The number of carbonyl (C=O) groups excluding carboxylic acids is 2. The van der Waals surface area contributed by atoms with Crippen LogP contribution in [0.15, 0.2) is 12.2 Å². The van der Waals surface area contributed by atoms with Gasteiger partial charge in [0.1, 0.15) is 5.78 Å². The van der Waals surface area contributed by atoms with Gasteiger partial charge in [-0.1, -0.05) is 31.9 Å². The molecule has 172 valence electrons. The van der Waals surface area contributed by atoms with E-state index in [4.69, 9.17) is 14.2 Å². The summed E-state index contributed by atoms with van der Waals surface area (Å²) in [6, 6.07) is 0. The molecule has 2 rings (SSSR count). The van der Waals surface area contributed by atoms with Crippen LogP contribution in [0.1, 0.15) is 85.0 Å². The van der Waals surface area contributed by atoms with Crippen molar-refractivity contribution in [3.8, 4) is 0 Å². The minimum atomic E-state index is -1.19. The Hall–Kier alpha value is -1.27. The molecule has 1 heterocycles. The van der Waals surface area contributed by atoms with Gasteiger partial charge in [0, 0.05) is 31.8 Å². The SMILES string of the molecule is CCCCC(F)C1(OCC)CC[C@H]2[C@@H](CC(=O)[C@@H]2C/C=C\CCCC(=O)OCC)O1. The number of unbranched alkanes of at least 4 members (excludes halogenated alkanes) is 2. The van der Waals surface area contributed by atoms with Gasteiger partial charge in [-0.05, 0) is 51.9 Å². The van der Waals surface area contributed by atoms with Gasteiger partial charge in [0.15, 0.2) is 12.0 Å². The highest BCUT2D eigenvalue weighted by Gasteiger charge is 2.53. The maximum atomic E-state index is 15.0. The summed E-state index contributed by atoms with van der Waals surface area (Å²) in [6.07, 6.45) is 9.07. The van der Waals surface area contributed by atoms with Gasteiger partial charge >= 0.3 is 5.97 Å². The zero-order valence-electron chi connectivity index (χ0n) is 18.9. The number of rotatable bonds is 13. The van der Waals surface area contributed by atoms with Crippen LogP contribution in [0.4, 0.5) is 4.39 Å². The van der Waals surface area contributed by atoms with Crippen LogP contribution >= 0.6 is 0 Å². The number of hydrogen-bond donors (Lipinski definition) is 0. The van der Waals surface area contributed by atoms with Crippen molar-refractivity contribution < 1.29 is 28.2 Å². The van der Waals surface area contributed by atoms with E-state index in [1.54, 1.807) is 6.92 Å². The summed E-state index contributed by atoms with van der Waals surface area (Å²) in [5, 5.41) is 0. The monoisotopic (exact) mass is 426 g/mol. The number of allylic oxidation sites excluding steroid dienone is 2. The first-order chi connectivity index (χ1) is 14.5. The molecule has 30 heavy (non-hydrogen) atoms. The number of Topliss-reactive ketones (excluding diaryl/α,β-unsaturated/α-hetero) is 1. The summed E-state index contributed by atoms with van der Waals surface area (Å²) in [4.78, 5) is 24.0. The van der Waals surface area contributed by atoms with Gasteiger partial charge in [-0.2, -0.15) is 0 Å². The van der Waals surface area contributed by atoms with E-state index < -0.39 is 12.0 Å². The minimum absolute atomic E-state index is 0.0652. The molecular weight excluding hydrogens is 387 g/mol. The van der Waals surface area contributed by atoms with Gasteiger partial charge in [0.05, 0.1) is 12.7 Å². The first kappa shape index (κ1) is 25.0. The average Bonchev–Trinajstić information content (AvgIpc) is 3.03. The fraction of sp³-hybridized carbons (Fsp3) is 0.833. The second kappa shape index (κ2) is 12.6. The Morgan fingerprint density at radius 3 is 2.77 bits per heavy atom. The van der Waals surface area contributed by atoms with Crippen LogP contribution in [0.25, 0.3) is 0 Å². The number of ether oxygens (including phenoxy) is 3. The molecular formula is C24H39FO5. The van der Waals surface area contributed by atoms with Gasteiger partial charge in [-0.15, -0.1) is 0 Å². The molecule has 6 heteroatoms. The van der Waals surface area contributed by atoms with Crippen LogP contribution in [-0.4, -0.2) is 43.0 Å².